The van der Waals surface area contributed by atoms with Crippen molar-refractivity contribution in [3.63, 3.8) is 0 Å². The minimum absolute atomic E-state index is 0.00567. The molecule has 2 N–H and O–H groups in total. The maximum atomic E-state index is 13.7. The molecule has 0 radical (unpaired) electrons. The van der Waals surface area contributed by atoms with E-state index in [9.17, 15) is 13.6 Å². The molecule has 0 saturated carbocycles. The number of aliphatic carboxylic acids is 1. The van der Waals surface area contributed by atoms with Crippen LogP contribution in [0.1, 0.15) is 5.82 Å². The molecule has 0 bridgehead atoms. The molecule has 1 aromatic heterocycles. The normalized spacial score (nSPS) is 10.3. The standard InChI is InChI=1S/C13H11F2N3O2/c1-7-17-11(5-12(18-7)16-6-13(19)20)9-4-8(14)2-3-10(9)15/h2-5H,6H2,1H3,(H,19,20)(H,16,17,18). The summed E-state index contributed by atoms with van der Waals surface area (Å²) in [6, 6.07) is 4.41. The van der Waals surface area contributed by atoms with Gasteiger partial charge in [-0.1, -0.05) is 0 Å². The summed E-state index contributed by atoms with van der Waals surface area (Å²) >= 11 is 0. The van der Waals surface area contributed by atoms with Gasteiger partial charge in [0.2, 0.25) is 0 Å². The average Bonchev–Trinajstić information content (AvgIpc) is 2.38. The van der Waals surface area contributed by atoms with Gasteiger partial charge in [0.05, 0.1) is 5.69 Å². The zero-order valence-corrected chi connectivity index (χ0v) is 10.5. The molecule has 7 heteroatoms. The number of nitrogens with zero attached hydrogens (tertiary/aromatic N) is 2. The van der Waals surface area contributed by atoms with Crippen LogP contribution < -0.4 is 5.32 Å². The van der Waals surface area contributed by atoms with Crippen LogP contribution in [-0.4, -0.2) is 27.6 Å². The van der Waals surface area contributed by atoms with Crippen LogP contribution >= 0.6 is 0 Å². The lowest BCUT2D eigenvalue weighted by Gasteiger charge is -2.08. The molecular formula is C13H11F2N3O2. The van der Waals surface area contributed by atoms with E-state index in [-0.39, 0.29) is 23.6 Å². The molecule has 0 saturated heterocycles. The third-order valence-corrected chi connectivity index (χ3v) is 2.46. The molecule has 104 valence electrons. The number of carboxylic acids is 1. The lowest BCUT2D eigenvalue weighted by molar-refractivity contribution is -0.134. The first-order valence-electron chi connectivity index (χ1n) is 5.72. The van der Waals surface area contributed by atoms with Gasteiger partial charge in [-0.15, -0.1) is 0 Å². The van der Waals surface area contributed by atoms with Crippen molar-refractivity contribution in [2.45, 2.75) is 6.92 Å². The van der Waals surface area contributed by atoms with E-state index in [4.69, 9.17) is 5.11 Å². The molecule has 0 fully saturated rings. The Morgan fingerprint density at radius 2 is 2.05 bits per heavy atom. The first kappa shape index (κ1) is 13.9. The monoisotopic (exact) mass is 279 g/mol. The molecule has 1 heterocycles. The number of halogens is 2. The van der Waals surface area contributed by atoms with Crippen LogP contribution in [-0.2, 0) is 4.79 Å². The first-order chi connectivity index (χ1) is 9.45. The number of anilines is 1. The molecule has 2 aromatic rings. The fraction of sp³-hybridized carbons (Fsp3) is 0.154. The zero-order valence-electron chi connectivity index (χ0n) is 10.5. The second-order valence-electron chi connectivity index (χ2n) is 4.06. The highest BCUT2D eigenvalue weighted by Gasteiger charge is 2.11. The second kappa shape index (κ2) is 5.60. The topological polar surface area (TPSA) is 75.1 Å². The van der Waals surface area contributed by atoms with E-state index >= 15 is 0 Å². The van der Waals surface area contributed by atoms with Gasteiger partial charge < -0.3 is 10.4 Å². The fourth-order valence-corrected chi connectivity index (χ4v) is 1.66. The largest absolute Gasteiger partial charge is 0.480 e. The Labute approximate surface area is 113 Å². The summed E-state index contributed by atoms with van der Waals surface area (Å²) in [7, 11) is 0. The number of rotatable bonds is 4. The van der Waals surface area contributed by atoms with E-state index in [2.05, 4.69) is 15.3 Å². The number of carboxylic acid groups (broad SMARTS) is 1. The lowest BCUT2D eigenvalue weighted by Crippen LogP contribution is -2.14. The Morgan fingerprint density at radius 1 is 1.30 bits per heavy atom. The second-order valence-corrected chi connectivity index (χ2v) is 4.06. The van der Waals surface area contributed by atoms with Crippen LogP contribution in [0.2, 0.25) is 0 Å². The third kappa shape index (κ3) is 3.25. The summed E-state index contributed by atoms with van der Waals surface area (Å²) in [5.74, 6) is -1.70. The summed E-state index contributed by atoms with van der Waals surface area (Å²) < 4.78 is 26.9. The van der Waals surface area contributed by atoms with Crippen molar-refractivity contribution in [2.75, 3.05) is 11.9 Å². The Kier molecular flexibility index (Phi) is 3.88. The number of nitrogens with one attached hydrogen (secondary N) is 1. The number of benzene rings is 1. The minimum Gasteiger partial charge on any atom is -0.480 e. The molecule has 5 nitrogen and oxygen atoms in total. The van der Waals surface area contributed by atoms with Crippen molar-refractivity contribution in [2.24, 2.45) is 0 Å². The van der Waals surface area contributed by atoms with Gasteiger partial charge in [-0.3, -0.25) is 4.79 Å². The maximum absolute atomic E-state index is 13.7. The van der Waals surface area contributed by atoms with Gasteiger partial charge in [0, 0.05) is 11.6 Å². The van der Waals surface area contributed by atoms with Crippen molar-refractivity contribution in [1.29, 1.82) is 0 Å². The molecule has 0 aliphatic carbocycles. The molecule has 0 amide bonds. The molecule has 0 atom stereocenters. The predicted octanol–water partition coefficient (Wildman–Crippen LogP) is 2.23. The van der Waals surface area contributed by atoms with Gasteiger partial charge in [-0.05, 0) is 25.1 Å². The van der Waals surface area contributed by atoms with E-state index in [1.165, 1.54) is 6.07 Å². The van der Waals surface area contributed by atoms with Crippen LogP contribution in [0.15, 0.2) is 24.3 Å². The lowest BCUT2D eigenvalue weighted by atomic mass is 10.1. The Morgan fingerprint density at radius 3 is 2.75 bits per heavy atom. The van der Waals surface area contributed by atoms with E-state index in [0.717, 1.165) is 18.2 Å². The van der Waals surface area contributed by atoms with Crippen LogP contribution in [0.5, 0.6) is 0 Å². The first-order valence-corrected chi connectivity index (χ1v) is 5.72. The third-order valence-electron chi connectivity index (χ3n) is 2.46. The van der Waals surface area contributed by atoms with Crippen molar-refractivity contribution in [1.82, 2.24) is 9.97 Å². The number of hydrogen-bond acceptors (Lipinski definition) is 4. The summed E-state index contributed by atoms with van der Waals surface area (Å²) in [4.78, 5) is 18.5. The Hall–Kier alpha value is -2.57. The van der Waals surface area contributed by atoms with E-state index in [0.29, 0.717) is 5.82 Å². The van der Waals surface area contributed by atoms with E-state index in [1.807, 2.05) is 0 Å². The van der Waals surface area contributed by atoms with Gasteiger partial charge in [0.15, 0.2) is 0 Å². The SMILES string of the molecule is Cc1nc(NCC(=O)O)cc(-c2cc(F)ccc2F)n1. The van der Waals surface area contributed by atoms with Crippen molar-refractivity contribution < 1.29 is 18.7 Å². The van der Waals surface area contributed by atoms with E-state index < -0.39 is 17.6 Å². The Bertz CT molecular complexity index is 662. The van der Waals surface area contributed by atoms with Crippen LogP contribution in [0, 0.1) is 18.6 Å². The van der Waals surface area contributed by atoms with Crippen molar-refractivity contribution in [3.8, 4) is 11.3 Å². The van der Waals surface area contributed by atoms with Crippen LogP contribution in [0.25, 0.3) is 11.3 Å². The van der Waals surface area contributed by atoms with Gasteiger partial charge in [0.25, 0.3) is 0 Å². The van der Waals surface area contributed by atoms with Crippen LogP contribution in [0.4, 0.5) is 14.6 Å². The highest BCUT2D eigenvalue weighted by molar-refractivity contribution is 5.73. The highest BCUT2D eigenvalue weighted by Crippen LogP contribution is 2.23. The number of hydrogen-bond donors (Lipinski definition) is 2. The minimum atomic E-state index is -1.06. The van der Waals surface area contributed by atoms with Gasteiger partial charge >= 0.3 is 5.97 Å². The predicted molar refractivity (Wildman–Crippen MR) is 68.2 cm³/mol. The molecule has 0 aliphatic rings. The molecule has 0 unspecified atom stereocenters. The number of aryl methyl sites for hydroxylation is 1. The van der Waals surface area contributed by atoms with Gasteiger partial charge in [0.1, 0.15) is 29.8 Å². The summed E-state index contributed by atoms with van der Waals surface area (Å²) in [6.45, 7) is 1.24. The Balaban J connectivity index is 2.41. The van der Waals surface area contributed by atoms with Crippen molar-refractivity contribution in [3.05, 3.63) is 41.7 Å². The molecule has 1 aromatic carbocycles. The summed E-state index contributed by atoms with van der Waals surface area (Å²) in [6.07, 6.45) is 0. The summed E-state index contributed by atoms with van der Waals surface area (Å²) in [5.41, 5.74) is 0.177. The van der Waals surface area contributed by atoms with Crippen LogP contribution in [0.3, 0.4) is 0 Å². The molecule has 2 rings (SSSR count). The molecule has 20 heavy (non-hydrogen) atoms. The molecular weight excluding hydrogens is 268 g/mol. The van der Waals surface area contributed by atoms with Crippen molar-refractivity contribution >= 4 is 11.8 Å². The fourth-order valence-electron chi connectivity index (χ4n) is 1.66. The summed E-state index contributed by atoms with van der Waals surface area (Å²) in [5, 5.41) is 11.2. The highest BCUT2D eigenvalue weighted by atomic mass is 19.1. The average molecular weight is 279 g/mol. The number of carbonyl (C=O) groups is 1. The zero-order chi connectivity index (χ0) is 14.7. The maximum Gasteiger partial charge on any atom is 0.322 e. The quantitative estimate of drug-likeness (QED) is 0.897. The number of aromatic nitrogens is 2. The smallest absolute Gasteiger partial charge is 0.322 e. The van der Waals surface area contributed by atoms with Gasteiger partial charge in [-0.25, -0.2) is 18.7 Å². The molecule has 0 spiro atoms. The van der Waals surface area contributed by atoms with Gasteiger partial charge in [-0.2, -0.15) is 0 Å². The molecule has 0 aliphatic heterocycles. The van der Waals surface area contributed by atoms with E-state index in [1.54, 1.807) is 6.92 Å².